The van der Waals surface area contributed by atoms with E-state index in [1.807, 2.05) is 13.0 Å². The van der Waals surface area contributed by atoms with E-state index in [9.17, 15) is 0 Å². The highest BCUT2D eigenvalue weighted by molar-refractivity contribution is 5.70. The van der Waals surface area contributed by atoms with Gasteiger partial charge >= 0.3 is 0 Å². The third-order valence-electron chi connectivity index (χ3n) is 3.27. The number of H-pyrrole nitrogens is 1. The van der Waals surface area contributed by atoms with Gasteiger partial charge in [0.05, 0.1) is 19.3 Å². The van der Waals surface area contributed by atoms with Crippen molar-refractivity contribution in [3.8, 4) is 17.0 Å². The smallest absolute Gasteiger partial charge is 0.128 e. The van der Waals surface area contributed by atoms with E-state index in [-0.39, 0.29) is 0 Å². The van der Waals surface area contributed by atoms with Gasteiger partial charge in [0.2, 0.25) is 0 Å². The molecule has 0 atom stereocenters. The monoisotopic (exact) mass is 259 g/mol. The highest BCUT2D eigenvalue weighted by atomic mass is 16.5. The van der Waals surface area contributed by atoms with Crippen molar-refractivity contribution in [2.45, 2.75) is 33.2 Å². The Labute approximate surface area is 114 Å². The van der Waals surface area contributed by atoms with Crippen LogP contribution in [0.3, 0.4) is 0 Å². The van der Waals surface area contributed by atoms with E-state index in [1.165, 1.54) is 5.56 Å². The molecule has 102 valence electrons. The number of benzene rings is 1. The minimum Gasteiger partial charge on any atom is -0.496 e. The molecule has 0 saturated carbocycles. The molecule has 0 unspecified atom stereocenters. The Kier molecular flexibility index (Phi) is 3.90. The summed E-state index contributed by atoms with van der Waals surface area (Å²) in [6.07, 6.45) is 0. The number of rotatable bonds is 4. The van der Waals surface area contributed by atoms with Crippen molar-refractivity contribution in [1.29, 1.82) is 0 Å². The fraction of sp³-hybridized carbons (Fsp3) is 0.400. The molecule has 3 N–H and O–H groups in total. The van der Waals surface area contributed by atoms with Crippen LogP contribution < -0.4 is 10.5 Å². The van der Waals surface area contributed by atoms with E-state index >= 15 is 0 Å². The van der Waals surface area contributed by atoms with Crippen molar-refractivity contribution in [3.63, 3.8) is 0 Å². The fourth-order valence-electron chi connectivity index (χ4n) is 2.15. The highest BCUT2D eigenvalue weighted by Crippen LogP contribution is 2.33. The SMILES string of the molecule is COc1ccc(C(C)C)cc1-c1nc(CN)[nH]c1C. The summed E-state index contributed by atoms with van der Waals surface area (Å²) in [5.41, 5.74) is 9.85. The molecule has 0 amide bonds. The van der Waals surface area contributed by atoms with Crippen LogP contribution in [-0.4, -0.2) is 17.1 Å². The van der Waals surface area contributed by atoms with Gasteiger partial charge in [0, 0.05) is 11.3 Å². The highest BCUT2D eigenvalue weighted by Gasteiger charge is 2.14. The first-order chi connectivity index (χ1) is 9.06. The third kappa shape index (κ3) is 2.63. The van der Waals surface area contributed by atoms with E-state index in [4.69, 9.17) is 10.5 Å². The van der Waals surface area contributed by atoms with Gasteiger partial charge in [0.25, 0.3) is 0 Å². The van der Waals surface area contributed by atoms with Crippen LogP contribution in [0.2, 0.25) is 0 Å². The lowest BCUT2D eigenvalue weighted by Gasteiger charge is -2.12. The summed E-state index contributed by atoms with van der Waals surface area (Å²) in [4.78, 5) is 7.75. The molecular weight excluding hydrogens is 238 g/mol. The predicted molar refractivity (Wildman–Crippen MR) is 77.3 cm³/mol. The summed E-state index contributed by atoms with van der Waals surface area (Å²) < 4.78 is 5.45. The maximum atomic E-state index is 5.63. The number of aryl methyl sites for hydroxylation is 1. The molecule has 0 aliphatic carbocycles. The summed E-state index contributed by atoms with van der Waals surface area (Å²) in [7, 11) is 1.68. The fourth-order valence-corrected chi connectivity index (χ4v) is 2.15. The van der Waals surface area contributed by atoms with Crippen LogP contribution in [0.15, 0.2) is 18.2 Å². The average Bonchev–Trinajstić information content (AvgIpc) is 2.79. The largest absolute Gasteiger partial charge is 0.496 e. The Morgan fingerprint density at radius 1 is 1.37 bits per heavy atom. The van der Waals surface area contributed by atoms with Crippen molar-refractivity contribution < 1.29 is 4.74 Å². The Bertz CT molecular complexity index is 573. The van der Waals surface area contributed by atoms with Crippen LogP contribution in [0, 0.1) is 6.92 Å². The molecule has 1 heterocycles. The molecule has 4 heteroatoms. The van der Waals surface area contributed by atoms with E-state index in [2.05, 4.69) is 35.9 Å². The second kappa shape index (κ2) is 5.45. The molecule has 0 bridgehead atoms. The lowest BCUT2D eigenvalue weighted by Crippen LogP contribution is -1.98. The maximum Gasteiger partial charge on any atom is 0.128 e. The summed E-state index contributed by atoms with van der Waals surface area (Å²) >= 11 is 0. The predicted octanol–water partition coefficient (Wildman–Crippen LogP) is 2.98. The molecule has 0 spiro atoms. The average molecular weight is 259 g/mol. The van der Waals surface area contributed by atoms with Crippen LogP contribution >= 0.6 is 0 Å². The first-order valence-corrected chi connectivity index (χ1v) is 6.50. The zero-order valence-corrected chi connectivity index (χ0v) is 11.9. The summed E-state index contributed by atoms with van der Waals surface area (Å²) in [6.45, 7) is 6.76. The molecule has 4 nitrogen and oxygen atoms in total. The van der Waals surface area contributed by atoms with E-state index in [1.54, 1.807) is 7.11 Å². The second-order valence-corrected chi connectivity index (χ2v) is 4.98. The minimum atomic E-state index is 0.410. The van der Waals surface area contributed by atoms with E-state index in [0.717, 1.165) is 28.5 Å². The molecule has 2 aromatic rings. The standard InChI is InChI=1S/C15H21N3O/c1-9(2)11-5-6-13(19-4)12(7-11)15-10(3)17-14(8-16)18-15/h5-7,9H,8,16H2,1-4H3,(H,17,18). The summed E-state index contributed by atoms with van der Waals surface area (Å²) in [5.74, 6) is 2.10. The van der Waals surface area contributed by atoms with Crippen LogP contribution in [0.25, 0.3) is 11.3 Å². The van der Waals surface area contributed by atoms with Crippen molar-refractivity contribution >= 4 is 0 Å². The summed E-state index contributed by atoms with van der Waals surface area (Å²) in [6, 6.07) is 6.24. The third-order valence-corrected chi connectivity index (χ3v) is 3.27. The van der Waals surface area contributed by atoms with Gasteiger partial charge in [-0.15, -0.1) is 0 Å². The van der Waals surface area contributed by atoms with Crippen LogP contribution in [0.4, 0.5) is 0 Å². The van der Waals surface area contributed by atoms with E-state index < -0.39 is 0 Å². The maximum absolute atomic E-state index is 5.63. The van der Waals surface area contributed by atoms with Crippen LogP contribution in [-0.2, 0) is 6.54 Å². The number of methoxy groups -OCH3 is 1. The normalized spacial score (nSPS) is 11.1. The molecule has 0 aliphatic rings. The molecular formula is C15H21N3O. The number of nitrogens with one attached hydrogen (secondary N) is 1. The number of aromatic amines is 1. The van der Waals surface area contributed by atoms with E-state index in [0.29, 0.717) is 12.5 Å². The quantitative estimate of drug-likeness (QED) is 0.887. The first-order valence-electron chi connectivity index (χ1n) is 6.50. The molecule has 19 heavy (non-hydrogen) atoms. The Morgan fingerprint density at radius 2 is 2.11 bits per heavy atom. The first kappa shape index (κ1) is 13.6. The molecule has 2 rings (SSSR count). The van der Waals surface area contributed by atoms with Crippen LogP contribution in [0.1, 0.15) is 36.8 Å². The number of imidazole rings is 1. The van der Waals surface area contributed by atoms with Gasteiger partial charge in [-0.05, 0) is 30.5 Å². The number of ether oxygens (including phenoxy) is 1. The lowest BCUT2D eigenvalue weighted by molar-refractivity contribution is 0.416. The molecule has 0 radical (unpaired) electrons. The van der Waals surface area contributed by atoms with Crippen LogP contribution in [0.5, 0.6) is 5.75 Å². The minimum absolute atomic E-state index is 0.410. The zero-order chi connectivity index (χ0) is 14.0. The van der Waals surface area contributed by atoms with Crippen molar-refractivity contribution in [2.75, 3.05) is 7.11 Å². The number of nitrogens with zero attached hydrogens (tertiary/aromatic N) is 1. The van der Waals surface area contributed by atoms with Gasteiger partial charge in [-0.2, -0.15) is 0 Å². The Hall–Kier alpha value is -1.81. The Balaban J connectivity index is 2.57. The van der Waals surface area contributed by atoms with Gasteiger partial charge in [-0.1, -0.05) is 19.9 Å². The van der Waals surface area contributed by atoms with Crippen molar-refractivity contribution in [3.05, 3.63) is 35.3 Å². The molecule has 0 saturated heterocycles. The van der Waals surface area contributed by atoms with Gasteiger partial charge in [-0.3, -0.25) is 0 Å². The number of aromatic nitrogens is 2. The summed E-state index contributed by atoms with van der Waals surface area (Å²) in [5, 5.41) is 0. The second-order valence-electron chi connectivity index (χ2n) is 4.98. The van der Waals surface area contributed by atoms with Crippen molar-refractivity contribution in [1.82, 2.24) is 9.97 Å². The molecule has 0 fully saturated rings. The van der Waals surface area contributed by atoms with Gasteiger partial charge in [0.15, 0.2) is 0 Å². The van der Waals surface area contributed by atoms with Gasteiger partial charge < -0.3 is 15.5 Å². The molecule has 0 aliphatic heterocycles. The lowest BCUT2D eigenvalue weighted by atomic mass is 9.98. The number of nitrogens with two attached hydrogens (primary N) is 1. The topological polar surface area (TPSA) is 63.9 Å². The van der Waals surface area contributed by atoms with Crippen molar-refractivity contribution in [2.24, 2.45) is 5.73 Å². The molecule has 1 aromatic carbocycles. The number of hydrogen-bond acceptors (Lipinski definition) is 3. The number of hydrogen-bond donors (Lipinski definition) is 2. The van der Waals surface area contributed by atoms with Gasteiger partial charge in [0.1, 0.15) is 11.6 Å². The molecule has 1 aromatic heterocycles. The zero-order valence-electron chi connectivity index (χ0n) is 11.9. The Morgan fingerprint density at radius 3 is 2.63 bits per heavy atom. The van der Waals surface area contributed by atoms with Gasteiger partial charge in [-0.25, -0.2) is 4.98 Å².